The van der Waals surface area contributed by atoms with Gasteiger partial charge in [0.25, 0.3) is 0 Å². The standard InChI is InChI=1S/C20H33FN6/c1-16(14-26-10-4-3-5-11-26)13-24-20(22-2)25-17-8-12-27(15-17)19-18(21)7-6-9-23-19/h6-7,9,16-17H,3-5,8,10-15H2,1-2H3,(H2,22,24,25). The molecule has 0 bridgehead atoms. The Labute approximate surface area is 162 Å². The third kappa shape index (κ3) is 5.79. The molecule has 2 aliphatic rings. The summed E-state index contributed by atoms with van der Waals surface area (Å²) in [6, 6.07) is 3.34. The maximum Gasteiger partial charge on any atom is 0.191 e. The molecule has 1 aromatic rings. The first-order chi connectivity index (χ1) is 13.2. The number of likely N-dealkylation sites (tertiary alicyclic amines) is 1. The van der Waals surface area contributed by atoms with E-state index in [9.17, 15) is 4.39 Å². The van der Waals surface area contributed by atoms with Crippen LogP contribution in [0.5, 0.6) is 0 Å². The summed E-state index contributed by atoms with van der Waals surface area (Å²) >= 11 is 0. The quantitative estimate of drug-likeness (QED) is 0.588. The van der Waals surface area contributed by atoms with E-state index in [4.69, 9.17) is 0 Å². The monoisotopic (exact) mass is 376 g/mol. The second-order valence-electron chi connectivity index (χ2n) is 7.80. The Morgan fingerprint density at radius 1 is 1.33 bits per heavy atom. The van der Waals surface area contributed by atoms with Crippen molar-refractivity contribution in [1.82, 2.24) is 20.5 Å². The highest BCUT2D eigenvalue weighted by molar-refractivity contribution is 5.80. The molecule has 0 radical (unpaired) electrons. The van der Waals surface area contributed by atoms with Crippen molar-refractivity contribution in [2.45, 2.75) is 38.6 Å². The van der Waals surface area contributed by atoms with E-state index < -0.39 is 0 Å². The van der Waals surface area contributed by atoms with Crippen molar-refractivity contribution >= 4 is 11.8 Å². The Kier molecular flexibility index (Phi) is 7.26. The van der Waals surface area contributed by atoms with Crippen molar-refractivity contribution in [1.29, 1.82) is 0 Å². The molecule has 3 rings (SSSR count). The van der Waals surface area contributed by atoms with Crippen LogP contribution in [0.4, 0.5) is 10.2 Å². The lowest BCUT2D eigenvalue weighted by atomic mass is 10.1. The van der Waals surface area contributed by atoms with Crippen LogP contribution in [0.1, 0.15) is 32.6 Å². The van der Waals surface area contributed by atoms with Gasteiger partial charge in [0.2, 0.25) is 0 Å². The molecule has 2 unspecified atom stereocenters. The Hall–Kier alpha value is -1.89. The average Bonchev–Trinajstić information content (AvgIpc) is 3.14. The number of anilines is 1. The van der Waals surface area contributed by atoms with E-state index in [1.807, 2.05) is 4.90 Å². The topological polar surface area (TPSA) is 55.8 Å². The number of pyridine rings is 1. The summed E-state index contributed by atoms with van der Waals surface area (Å²) in [6.45, 7) is 8.34. The van der Waals surface area contributed by atoms with Crippen LogP contribution in [-0.4, -0.2) is 68.2 Å². The molecule has 0 spiro atoms. The van der Waals surface area contributed by atoms with E-state index in [0.717, 1.165) is 38.6 Å². The van der Waals surface area contributed by atoms with Crippen molar-refractivity contribution in [2.75, 3.05) is 51.2 Å². The fraction of sp³-hybridized carbons (Fsp3) is 0.700. The van der Waals surface area contributed by atoms with Crippen LogP contribution in [0.2, 0.25) is 0 Å². The fourth-order valence-electron chi connectivity index (χ4n) is 3.99. The van der Waals surface area contributed by atoms with Crippen molar-refractivity contribution in [3.8, 4) is 0 Å². The van der Waals surface area contributed by atoms with Crippen LogP contribution in [-0.2, 0) is 0 Å². The smallest absolute Gasteiger partial charge is 0.191 e. The van der Waals surface area contributed by atoms with E-state index in [0.29, 0.717) is 11.7 Å². The van der Waals surface area contributed by atoms with Gasteiger partial charge in [0.05, 0.1) is 0 Å². The van der Waals surface area contributed by atoms with E-state index in [2.05, 4.69) is 32.4 Å². The first kappa shape index (κ1) is 19.9. The minimum Gasteiger partial charge on any atom is -0.356 e. The lowest BCUT2D eigenvalue weighted by Crippen LogP contribution is -2.47. The van der Waals surface area contributed by atoms with E-state index in [-0.39, 0.29) is 11.9 Å². The Morgan fingerprint density at radius 3 is 2.89 bits per heavy atom. The van der Waals surface area contributed by atoms with Gasteiger partial charge in [0.1, 0.15) is 0 Å². The minimum atomic E-state index is -0.257. The summed E-state index contributed by atoms with van der Waals surface area (Å²) in [5.74, 6) is 1.59. The molecule has 0 saturated carbocycles. The predicted octanol–water partition coefficient (Wildman–Crippen LogP) is 2.09. The zero-order valence-corrected chi connectivity index (χ0v) is 16.6. The molecule has 27 heavy (non-hydrogen) atoms. The maximum absolute atomic E-state index is 13.9. The molecule has 7 heteroatoms. The molecular formula is C20H33FN6. The largest absolute Gasteiger partial charge is 0.356 e. The average molecular weight is 377 g/mol. The normalized spacial score (nSPS) is 22.7. The van der Waals surface area contributed by atoms with Gasteiger partial charge in [0, 0.05) is 45.5 Å². The lowest BCUT2D eigenvalue weighted by molar-refractivity contribution is 0.201. The SMILES string of the molecule is CN=C(NCC(C)CN1CCCCC1)NC1CCN(c2ncccc2F)C1. The number of halogens is 1. The van der Waals surface area contributed by atoms with Crippen molar-refractivity contribution in [3.63, 3.8) is 0 Å². The van der Waals surface area contributed by atoms with Crippen LogP contribution < -0.4 is 15.5 Å². The Morgan fingerprint density at radius 2 is 2.15 bits per heavy atom. The van der Waals surface area contributed by atoms with Gasteiger partial charge in [-0.15, -0.1) is 0 Å². The summed E-state index contributed by atoms with van der Waals surface area (Å²) in [5, 5.41) is 6.93. The number of guanidine groups is 1. The van der Waals surface area contributed by atoms with Gasteiger partial charge >= 0.3 is 0 Å². The number of aliphatic imine (C=N–C) groups is 1. The van der Waals surface area contributed by atoms with Gasteiger partial charge in [-0.3, -0.25) is 4.99 Å². The lowest BCUT2D eigenvalue weighted by Gasteiger charge is -2.29. The number of rotatable bonds is 6. The summed E-state index contributed by atoms with van der Waals surface area (Å²) in [6.07, 6.45) is 6.63. The molecule has 3 heterocycles. The highest BCUT2D eigenvalue weighted by Crippen LogP contribution is 2.20. The van der Waals surface area contributed by atoms with E-state index in [1.165, 1.54) is 38.4 Å². The molecule has 2 N–H and O–H groups in total. The van der Waals surface area contributed by atoms with Gasteiger partial charge in [-0.1, -0.05) is 13.3 Å². The third-order valence-electron chi connectivity index (χ3n) is 5.43. The van der Waals surface area contributed by atoms with Gasteiger partial charge in [0.15, 0.2) is 17.6 Å². The van der Waals surface area contributed by atoms with Crippen LogP contribution in [0.3, 0.4) is 0 Å². The molecule has 2 atom stereocenters. The number of hydrogen-bond acceptors (Lipinski definition) is 4. The van der Waals surface area contributed by atoms with Crippen molar-refractivity contribution in [2.24, 2.45) is 10.9 Å². The summed E-state index contributed by atoms with van der Waals surface area (Å²) in [5.41, 5.74) is 0. The molecule has 2 saturated heterocycles. The number of hydrogen-bond donors (Lipinski definition) is 2. The molecule has 0 aromatic carbocycles. The molecule has 150 valence electrons. The second-order valence-corrected chi connectivity index (χ2v) is 7.80. The molecule has 2 aliphatic heterocycles. The van der Waals surface area contributed by atoms with Gasteiger partial charge in [-0.05, 0) is 50.4 Å². The van der Waals surface area contributed by atoms with Crippen molar-refractivity contribution < 1.29 is 4.39 Å². The maximum atomic E-state index is 13.9. The van der Waals surface area contributed by atoms with Crippen LogP contribution in [0, 0.1) is 11.7 Å². The second kappa shape index (κ2) is 9.88. The Balaban J connectivity index is 1.42. The molecule has 1 aromatic heterocycles. The molecular weight excluding hydrogens is 343 g/mol. The predicted molar refractivity (Wildman–Crippen MR) is 109 cm³/mol. The first-order valence-corrected chi connectivity index (χ1v) is 10.2. The number of piperidine rings is 1. The molecule has 0 aliphatic carbocycles. The van der Waals surface area contributed by atoms with Crippen molar-refractivity contribution in [3.05, 3.63) is 24.1 Å². The van der Waals surface area contributed by atoms with Crippen LogP contribution in [0.15, 0.2) is 23.3 Å². The highest BCUT2D eigenvalue weighted by atomic mass is 19.1. The van der Waals surface area contributed by atoms with Gasteiger partial charge in [-0.2, -0.15) is 0 Å². The summed E-state index contributed by atoms with van der Waals surface area (Å²) < 4.78 is 13.9. The highest BCUT2D eigenvalue weighted by Gasteiger charge is 2.26. The zero-order chi connectivity index (χ0) is 19.1. The van der Waals surface area contributed by atoms with Crippen LogP contribution in [0.25, 0.3) is 0 Å². The number of nitrogens with zero attached hydrogens (tertiary/aromatic N) is 4. The Bertz CT molecular complexity index is 616. The first-order valence-electron chi connectivity index (χ1n) is 10.2. The fourth-order valence-corrected chi connectivity index (χ4v) is 3.99. The van der Waals surface area contributed by atoms with E-state index >= 15 is 0 Å². The summed E-state index contributed by atoms with van der Waals surface area (Å²) in [4.78, 5) is 13.1. The van der Waals surface area contributed by atoms with Crippen LogP contribution >= 0.6 is 0 Å². The number of aromatic nitrogens is 1. The molecule has 6 nitrogen and oxygen atoms in total. The number of nitrogens with one attached hydrogen (secondary N) is 2. The van der Waals surface area contributed by atoms with E-state index in [1.54, 1.807) is 19.3 Å². The van der Waals surface area contributed by atoms with Gasteiger partial charge in [-0.25, -0.2) is 9.37 Å². The minimum absolute atomic E-state index is 0.245. The van der Waals surface area contributed by atoms with Gasteiger partial charge < -0.3 is 20.4 Å². The summed E-state index contributed by atoms with van der Waals surface area (Å²) in [7, 11) is 1.80. The molecule has 2 fully saturated rings. The zero-order valence-electron chi connectivity index (χ0n) is 16.6. The third-order valence-corrected chi connectivity index (χ3v) is 5.43. The molecule has 0 amide bonds.